The molecular formula is C19H13ClFN3S2. The van der Waals surface area contributed by atoms with Crippen molar-refractivity contribution in [1.82, 2.24) is 15.2 Å². The fraction of sp³-hybridized carbons (Fsp3) is 0.105. The van der Waals surface area contributed by atoms with Crippen molar-refractivity contribution in [3.63, 3.8) is 0 Å². The fourth-order valence-electron chi connectivity index (χ4n) is 2.55. The van der Waals surface area contributed by atoms with Gasteiger partial charge in [-0.3, -0.25) is 0 Å². The molecule has 0 radical (unpaired) electrons. The van der Waals surface area contributed by atoms with Gasteiger partial charge in [0.25, 0.3) is 0 Å². The molecule has 0 unspecified atom stereocenters. The molecule has 0 aliphatic heterocycles. The van der Waals surface area contributed by atoms with Gasteiger partial charge in [0.1, 0.15) is 22.1 Å². The molecule has 2 aromatic heterocycles. The van der Waals surface area contributed by atoms with Crippen LogP contribution in [0.25, 0.3) is 21.5 Å². The van der Waals surface area contributed by atoms with Gasteiger partial charge in [0, 0.05) is 16.3 Å². The molecule has 7 heteroatoms. The largest absolute Gasteiger partial charge is 0.238 e. The second kappa shape index (κ2) is 7.31. The minimum absolute atomic E-state index is 0.270. The van der Waals surface area contributed by atoms with E-state index in [0.29, 0.717) is 0 Å². The van der Waals surface area contributed by atoms with Gasteiger partial charge < -0.3 is 0 Å². The van der Waals surface area contributed by atoms with E-state index in [0.717, 1.165) is 47.8 Å². The summed E-state index contributed by atoms with van der Waals surface area (Å²) in [4.78, 5) is 4.64. The first-order chi connectivity index (χ1) is 12.6. The van der Waals surface area contributed by atoms with E-state index in [2.05, 4.69) is 15.2 Å². The van der Waals surface area contributed by atoms with Crippen molar-refractivity contribution in [2.24, 2.45) is 0 Å². The number of thioether (sulfide) groups is 1. The van der Waals surface area contributed by atoms with E-state index in [4.69, 9.17) is 11.6 Å². The van der Waals surface area contributed by atoms with Gasteiger partial charge >= 0.3 is 0 Å². The summed E-state index contributed by atoms with van der Waals surface area (Å²) in [7, 11) is 0. The minimum atomic E-state index is -0.270. The first-order valence-corrected chi connectivity index (χ1v) is 10.0. The van der Waals surface area contributed by atoms with Gasteiger partial charge in [0.05, 0.1) is 9.71 Å². The molecule has 0 saturated carbocycles. The van der Waals surface area contributed by atoms with Gasteiger partial charge in [-0.15, -0.1) is 21.5 Å². The Kier molecular flexibility index (Phi) is 4.89. The van der Waals surface area contributed by atoms with Crippen LogP contribution in [0.2, 0.25) is 5.02 Å². The van der Waals surface area contributed by atoms with Crippen molar-refractivity contribution < 1.29 is 4.39 Å². The molecule has 130 valence electrons. The predicted molar refractivity (Wildman–Crippen MR) is 106 cm³/mol. The summed E-state index contributed by atoms with van der Waals surface area (Å²) in [5, 5.41) is 11.3. The molecule has 4 rings (SSSR count). The third-order valence-electron chi connectivity index (χ3n) is 3.80. The highest BCUT2D eigenvalue weighted by Crippen LogP contribution is 2.36. The molecule has 0 spiro atoms. The number of nitrogens with zero attached hydrogens (tertiary/aromatic N) is 3. The van der Waals surface area contributed by atoms with E-state index in [-0.39, 0.29) is 5.82 Å². The molecule has 26 heavy (non-hydrogen) atoms. The Morgan fingerprint density at radius 2 is 1.77 bits per heavy atom. The van der Waals surface area contributed by atoms with Crippen LogP contribution in [-0.4, -0.2) is 15.2 Å². The molecule has 0 N–H and O–H groups in total. The van der Waals surface area contributed by atoms with Crippen molar-refractivity contribution in [2.45, 2.75) is 17.7 Å². The fourth-order valence-corrected chi connectivity index (χ4v) is 4.54. The highest BCUT2D eigenvalue weighted by Gasteiger charge is 2.16. The van der Waals surface area contributed by atoms with Crippen LogP contribution in [0.15, 0.2) is 53.6 Å². The van der Waals surface area contributed by atoms with Crippen molar-refractivity contribution >= 4 is 44.9 Å². The summed E-state index contributed by atoms with van der Waals surface area (Å²) >= 11 is 9.11. The Bertz CT molecular complexity index is 1060. The van der Waals surface area contributed by atoms with E-state index in [9.17, 15) is 4.39 Å². The maximum Gasteiger partial charge on any atom is 0.146 e. The maximum absolute atomic E-state index is 13.2. The number of aromatic nitrogens is 3. The van der Waals surface area contributed by atoms with Crippen LogP contribution in [-0.2, 0) is 5.75 Å². The average Bonchev–Trinajstić information content (AvgIpc) is 3.03. The third kappa shape index (κ3) is 3.58. The molecule has 3 nitrogen and oxygen atoms in total. The quantitative estimate of drug-likeness (QED) is 0.384. The number of hydrogen-bond acceptors (Lipinski definition) is 5. The summed E-state index contributed by atoms with van der Waals surface area (Å²) in [5.74, 6) is 0.488. The maximum atomic E-state index is 13.2. The van der Waals surface area contributed by atoms with Gasteiger partial charge in [-0.05, 0) is 48.9 Å². The molecule has 0 atom stereocenters. The van der Waals surface area contributed by atoms with Crippen LogP contribution in [0.4, 0.5) is 4.39 Å². The van der Waals surface area contributed by atoms with Crippen LogP contribution in [0.5, 0.6) is 0 Å². The van der Waals surface area contributed by atoms with Crippen molar-refractivity contribution in [1.29, 1.82) is 0 Å². The number of benzene rings is 2. The zero-order chi connectivity index (χ0) is 18.1. The minimum Gasteiger partial charge on any atom is -0.238 e. The lowest BCUT2D eigenvalue weighted by molar-refractivity contribution is 0.628. The standard InChI is InChI=1S/C19H13ClFN3S2/c1-11-22-17-18(26-11)16(13-4-8-15(21)9-5-13)23-24-19(17)25-10-12-2-6-14(20)7-3-12/h2-9H,10H2,1H3. The number of thiazole rings is 1. The number of halogens is 2. The first kappa shape index (κ1) is 17.4. The molecule has 2 heterocycles. The Hall–Kier alpha value is -2.02. The molecule has 2 aromatic carbocycles. The normalized spacial score (nSPS) is 11.2. The van der Waals surface area contributed by atoms with E-state index in [1.165, 1.54) is 12.1 Å². The van der Waals surface area contributed by atoms with Crippen molar-refractivity contribution in [3.8, 4) is 11.3 Å². The number of fused-ring (bicyclic) bond motifs is 1. The summed E-state index contributed by atoms with van der Waals surface area (Å²) < 4.78 is 14.2. The predicted octanol–water partition coefficient (Wildman–Crippen LogP) is 6.15. The number of rotatable bonds is 4. The van der Waals surface area contributed by atoms with Crippen molar-refractivity contribution in [2.75, 3.05) is 0 Å². The monoisotopic (exact) mass is 401 g/mol. The average molecular weight is 402 g/mol. The summed E-state index contributed by atoms with van der Waals surface area (Å²) in [6, 6.07) is 14.0. The SMILES string of the molecule is Cc1nc2c(SCc3ccc(Cl)cc3)nnc(-c3ccc(F)cc3)c2s1. The molecule has 0 saturated heterocycles. The molecule has 0 bridgehead atoms. The highest BCUT2D eigenvalue weighted by molar-refractivity contribution is 7.98. The van der Waals surface area contributed by atoms with E-state index < -0.39 is 0 Å². The summed E-state index contributed by atoms with van der Waals surface area (Å²) in [6.45, 7) is 1.97. The lowest BCUT2D eigenvalue weighted by Crippen LogP contribution is -1.93. The molecule has 0 amide bonds. The van der Waals surface area contributed by atoms with Crippen LogP contribution in [0, 0.1) is 12.7 Å². The van der Waals surface area contributed by atoms with Gasteiger partial charge in [-0.25, -0.2) is 9.37 Å². The van der Waals surface area contributed by atoms with Gasteiger partial charge in [-0.2, -0.15) is 0 Å². The van der Waals surface area contributed by atoms with Crippen LogP contribution in [0.1, 0.15) is 10.6 Å². The van der Waals surface area contributed by atoms with Crippen molar-refractivity contribution in [3.05, 3.63) is 69.9 Å². The Morgan fingerprint density at radius 1 is 1.04 bits per heavy atom. The third-order valence-corrected chi connectivity index (χ3v) is 6.05. The Labute approximate surface area is 163 Å². The molecule has 0 aliphatic carbocycles. The number of aryl methyl sites for hydroxylation is 1. The second-order valence-electron chi connectivity index (χ2n) is 5.69. The topological polar surface area (TPSA) is 38.7 Å². The lowest BCUT2D eigenvalue weighted by Gasteiger charge is -2.05. The highest BCUT2D eigenvalue weighted by atomic mass is 35.5. The molecule has 0 aliphatic rings. The Morgan fingerprint density at radius 3 is 2.50 bits per heavy atom. The van der Waals surface area contributed by atoms with E-state index in [1.807, 2.05) is 31.2 Å². The smallest absolute Gasteiger partial charge is 0.146 e. The molecular weight excluding hydrogens is 389 g/mol. The molecule has 4 aromatic rings. The first-order valence-electron chi connectivity index (χ1n) is 7.87. The Balaban J connectivity index is 1.69. The summed E-state index contributed by atoms with van der Waals surface area (Å²) in [6.07, 6.45) is 0. The van der Waals surface area contributed by atoms with Crippen LogP contribution < -0.4 is 0 Å². The zero-order valence-corrected chi connectivity index (χ0v) is 16.1. The summed E-state index contributed by atoms with van der Waals surface area (Å²) in [5.41, 5.74) is 3.58. The van der Waals surface area contributed by atoms with E-state index in [1.54, 1.807) is 35.2 Å². The van der Waals surface area contributed by atoms with Gasteiger partial charge in [-0.1, -0.05) is 35.5 Å². The second-order valence-corrected chi connectivity index (χ2v) is 8.29. The molecule has 0 fully saturated rings. The van der Waals surface area contributed by atoms with Gasteiger partial charge in [0.15, 0.2) is 0 Å². The lowest BCUT2D eigenvalue weighted by atomic mass is 10.1. The van der Waals surface area contributed by atoms with E-state index >= 15 is 0 Å². The number of hydrogen-bond donors (Lipinski definition) is 0. The zero-order valence-electron chi connectivity index (χ0n) is 13.7. The van der Waals surface area contributed by atoms with Crippen LogP contribution in [0.3, 0.4) is 0 Å². The van der Waals surface area contributed by atoms with Gasteiger partial charge in [0.2, 0.25) is 0 Å². The van der Waals surface area contributed by atoms with Crippen LogP contribution >= 0.6 is 34.7 Å².